The van der Waals surface area contributed by atoms with Crippen LogP contribution in [-0.2, 0) is 11.2 Å². The van der Waals surface area contributed by atoms with Crippen molar-refractivity contribution >= 4 is 17.7 Å². The second kappa shape index (κ2) is 7.38. The van der Waals surface area contributed by atoms with Crippen molar-refractivity contribution in [2.24, 2.45) is 0 Å². The van der Waals surface area contributed by atoms with E-state index in [4.69, 9.17) is 0 Å². The topological polar surface area (TPSA) is 37.3 Å². The summed E-state index contributed by atoms with van der Waals surface area (Å²) in [6.07, 6.45) is 2.66. The minimum absolute atomic E-state index is 0.331. The van der Waals surface area contributed by atoms with E-state index in [1.807, 2.05) is 30.3 Å². The zero-order valence-corrected chi connectivity index (χ0v) is 11.2. The summed E-state index contributed by atoms with van der Waals surface area (Å²) >= 11 is 1.59. The van der Waals surface area contributed by atoms with Gasteiger partial charge < -0.3 is 5.11 Å². The first-order valence-electron chi connectivity index (χ1n) is 6.09. The van der Waals surface area contributed by atoms with Gasteiger partial charge in [0.05, 0.1) is 0 Å². The van der Waals surface area contributed by atoms with Gasteiger partial charge in [0.25, 0.3) is 0 Å². The predicted octanol–water partition coefficient (Wildman–Crippen LogP) is 3.60. The van der Waals surface area contributed by atoms with Crippen LogP contribution in [0.15, 0.2) is 30.3 Å². The third kappa shape index (κ3) is 4.82. The largest absolute Gasteiger partial charge is 0.480 e. The Hall–Kier alpha value is -0.960. The molecule has 17 heavy (non-hydrogen) atoms. The van der Waals surface area contributed by atoms with Crippen LogP contribution in [0.5, 0.6) is 0 Å². The molecule has 2 nitrogen and oxygen atoms in total. The maximum Gasteiger partial charge on any atom is 0.316 e. The molecular weight excluding hydrogens is 232 g/mol. The SMILES string of the molecule is CCC(CC)SC(Cc1ccccc1)C(=O)O. The zero-order chi connectivity index (χ0) is 12.7. The van der Waals surface area contributed by atoms with Gasteiger partial charge in [-0.3, -0.25) is 4.79 Å². The van der Waals surface area contributed by atoms with Gasteiger partial charge in [0.1, 0.15) is 5.25 Å². The Morgan fingerprint density at radius 2 is 1.82 bits per heavy atom. The average molecular weight is 252 g/mol. The highest BCUT2D eigenvalue weighted by atomic mass is 32.2. The summed E-state index contributed by atoms with van der Waals surface area (Å²) < 4.78 is 0. The van der Waals surface area contributed by atoms with E-state index in [-0.39, 0.29) is 5.25 Å². The summed E-state index contributed by atoms with van der Waals surface area (Å²) in [6, 6.07) is 9.84. The van der Waals surface area contributed by atoms with E-state index in [9.17, 15) is 9.90 Å². The number of benzene rings is 1. The fraction of sp³-hybridized carbons (Fsp3) is 0.500. The zero-order valence-electron chi connectivity index (χ0n) is 10.4. The molecule has 0 bridgehead atoms. The molecule has 0 aromatic heterocycles. The molecule has 1 atom stereocenters. The molecule has 94 valence electrons. The number of hydrogen-bond acceptors (Lipinski definition) is 2. The number of thioether (sulfide) groups is 1. The maximum atomic E-state index is 11.3. The first-order valence-corrected chi connectivity index (χ1v) is 7.03. The van der Waals surface area contributed by atoms with Gasteiger partial charge in [-0.25, -0.2) is 0 Å². The Balaban J connectivity index is 2.64. The van der Waals surface area contributed by atoms with Crippen molar-refractivity contribution in [2.75, 3.05) is 0 Å². The molecule has 0 fully saturated rings. The Labute approximate surface area is 107 Å². The van der Waals surface area contributed by atoms with Gasteiger partial charge in [0.2, 0.25) is 0 Å². The summed E-state index contributed by atoms with van der Waals surface area (Å²) in [4.78, 5) is 11.3. The Morgan fingerprint density at radius 1 is 1.24 bits per heavy atom. The van der Waals surface area contributed by atoms with Crippen molar-refractivity contribution in [3.05, 3.63) is 35.9 Å². The maximum absolute atomic E-state index is 11.3. The van der Waals surface area contributed by atoms with Crippen LogP contribution in [0.1, 0.15) is 32.3 Å². The van der Waals surface area contributed by atoms with Crippen LogP contribution in [0.3, 0.4) is 0 Å². The number of carboxylic acid groups (broad SMARTS) is 1. The molecule has 1 rings (SSSR count). The van der Waals surface area contributed by atoms with Crippen molar-refractivity contribution in [1.29, 1.82) is 0 Å². The fourth-order valence-electron chi connectivity index (χ4n) is 1.74. The summed E-state index contributed by atoms with van der Waals surface area (Å²) in [5.41, 5.74) is 1.10. The molecular formula is C14H20O2S. The van der Waals surface area contributed by atoms with Crippen LogP contribution >= 0.6 is 11.8 Å². The Bertz CT molecular complexity index is 333. The molecule has 0 radical (unpaired) electrons. The second-order valence-corrected chi connectivity index (χ2v) is 5.60. The van der Waals surface area contributed by atoms with Crippen LogP contribution in [0.4, 0.5) is 0 Å². The highest BCUT2D eigenvalue weighted by molar-refractivity contribution is 8.01. The smallest absolute Gasteiger partial charge is 0.316 e. The third-order valence-corrected chi connectivity index (χ3v) is 4.56. The van der Waals surface area contributed by atoms with Crippen molar-refractivity contribution in [1.82, 2.24) is 0 Å². The molecule has 0 amide bonds. The van der Waals surface area contributed by atoms with E-state index in [1.165, 1.54) is 0 Å². The van der Waals surface area contributed by atoms with Gasteiger partial charge in [0.15, 0.2) is 0 Å². The number of hydrogen-bond donors (Lipinski definition) is 1. The normalized spacial score (nSPS) is 12.6. The van der Waals surface area contributed by atoms with Gasteiger partial charge >= 0.3 is 5.97 Å². The van der Waals surface area contributed by atoms with E-state index in [0.717, 1.165) is 18.4 Å². The van der Waals surface area contributed by atoms with Crippen molar-refractivity contribution < 1.29 is 9.90 Å². The molecule has 0 aliphatic carbocycles. The van der Waals surface area contributed by atoms with Gasteiger partial charge in [-0.2, -0.15) is 0 Å². The van der Waals surface area contributed by atoms with E-state index in [2.05, 4.69) is 13.8 Å². The molecule has 0 aliphatic rings. The van der Waals surface area contributed by atoms with Gasteiger partial charge in [-0.05, 0) is 24.8 Å². The summed E-state index contributed by atoms with van der Waals surface area (Å²) in [6.45, 7) is 4.23. The molecule has 0 saturated heterocycles. The lowest BCUT2D eigenvalue weighted by molar-refractivity contribution is -0.136. The third-order valence-electron chi connectivity index (χ3n) is 2.81. The Morgan fingerprint density at radius 3 is 2.29 bits per heavy atom. The molecule has 1 N–H and O–H groups in total. The van der Waals surface area contributed by atoms with E-state index in [1.54, 1.807) is 11.8 Å². The van der Waals surface area contributed by atoms with E-state index >= 15 is 0 Å². The monoisotopic (exact) mass is 252 g/mol. The lowest BCUT2D eigenvalue weighted by Crippen LogP contribution is -2.22. The summed E-state index contributed by atoms with van der Waals surface area (Å²) in [5, 5.41) is 9.37. The fourth-order valence-corrected chi connectivity index (χ4v) is 2.99. The molecule has 0 aliphatic heterocycles. The standard InChI is InChI=1S/C14H20O2S/c1-3-12(4-2)17-13(14(15)16)10-11-8-6-5-7-9-11/h5-9,12-13H,3-4,10H2,1-2H3,(H,15,16). The van der Waals surface area contributed by atoms with Gasteiger partial charge in [0, 0.05) is 5.25 Å². The molecule has 1 unspecified atom stereocenters. The Kier molecular flexibility index (Phi) is 6.12. The highest BCUT2D eigenvalue weighted by Gasteiger charge is 2.21. The number of carboxylic acids is 1. The summed E-state index contributed by atoms with van der Waals surface area (Å²) in [5.74, 6) is -0.703. The van der Waals surface area contributed by atoms with E-state index < -0.39 is 5.97 Å². The number of aliphatic carboxylic acids is 1. The van der Waals surface area contributed by atoms with Crippen LogP contribution in [0.25, 0.3) is 0 Å². The average Bonchev–Trinajstić information content (AvgIpc) is 2.35. The molecule has 0 saturated carbocycles. The van der Waals surface area contributed by atoms with Crippen LogP contribution in [-0.4, -0.2) is 21.6 Å². The lowest BCUT2D eigenvalue weighted by Gasteiger charge is -2.18. The van der Waals surface area contributed by atoms with Gasteiger partial charge in [-0.1, -0.05) is 44.2 Å². The first-order chi connectivity index (χ1) is 8.17. The van der Waals surface area contributed by atoms with Crippen molar-refractivity contribution in [3.63, 3.8) is 0 Å². The lowest BCUT2D eigenvalue weighted by atomic mass is 10.1. The summed E-state index contributed by atoms with van der Waals surface area (Å²) in [7, 11) is 0. The molecule has 0 heterocycles. The van der Waals surface area contributed by atoms with E-state index in [0.29, 0.717) is 11.7 Å². The van der Waals surface area contributed by atoms with Crippen molar-refractivity contribution in [2.45, 2.75) is 43.6 Å². The van der Waals surface area contributed by atoms with Crippen LogP contribution in [0.2, 0.25) is 0 Å². The van der Waals surface area contributed by atoms with Gasteiger partial charge in [-0.15, -0.1) is 11.8 Å². The first kappa shape index (κ1) is 14.1. The number of carbonyl (C=O) groups is 1. The number of rotatable bonds is 7. The minimum atomic E-state index is -0.703. The second-order valence-electron chi connectivity index (χ2n) is 4.09. The molecule has 1 aromatic carbocycles. The quantitative estimate of drug-likeness (QED) is 0.805. The van der Waals surface area contributed by atoms with Crippen molar-refractivity contribution in [3.8, 4) is 0 Å². The predicted molar refractivity (Wildman–Crippen MR) is 73.5 cm³/mol. The minimum Gasteiger partial charge on any atom is -0.480 e. The molecule has 3 heteroatoms. The highest BCUT2D eigenvalue weighted by Crippen LogP contribution is 2.26. The molecule has 0 spiro atoms. The molecule has 1 aromatic rings. The van der Waals surface area contributed by atoms with Crippen LogP contribution in [0, 0.1) is 0 Å². The van der Waals surface area contributed by atoms with Crippen LogP contribution < -0.4 is 0 Å².